The molecule has 2 N–H and O–H groups in total. The summed E-state index contributed by atoms with van der Waals surface area (Å²) in [6.45, 7) is 5.46. The van der Waals surface area contributed by atoms with Crippen LogP contribution in [0.5, 0.6) is 0 Å². The summed E-state index contributed by atoms with van der Waals surface area (Å²) < 4.78 is 5.29. The predicted molar refractivity (Wildman–Crippen MR) is 66.2 cm³/mol. The van der Waals surface area contributed by atoms with E-state index in [0.717, 1.165) is 12.1 Å². The fourth-order valence-corrected chi connectivity index (χ4v) is 1.35. The average molecular weight is 237 g/mol. The van der Waals surface area contributed by atoms with Crippen LogP contribution in [-0.4, -0.2) is 30.3 Å². The summed E-state index contributed by atoms with van der Waals surface area (Å²) in [4.78, 5) is 10.7. The van der Waals surface area contributed by atoms with Crippen molar-refractivity contribution < 1.29 is 14.6 Å². The molecule has 0 saturated carbocycles. The van der Waals surface area contributed by atoms with E-state index in [-0.39, 0.29) is 5.60 Å². The molecule has 0 aliphatic heterocycles. The average Bonchev–Trinajstić information content (AvgIpc) is 2.29. The van der Waals surface area contributed by atoms with E-state index in [2.05, 4.69) is 5.32 Å². The molecule has 0 atom stereocenters. The van der Waals surface area contributed by atoms with Gasteiger partial charge < -0.3 is 15.2 Å². The third-order valence-electron chi connectivity index (χ3n) is 2.63. The van der Waals surface area contributed by atoms with E-state index < -0.39 is 5.97 Å². The first kappa shape index (κ1) is 13.7. The lowest BCUT2D eigenvalue weighted by atomic mass is 10.1. The molecule has 1 aromatic rings. The van der Waals surface area contributed by atoms with Gasteiger partial charge in [-0.2, -0.15) is 0 Å². The second-order valence-corrected chi connectivity index (χ2v) is 4.57. The molecule has 0 aliphatic rings. The highest BCUT2D eigenvalue weighted by atomic mass is 16.5. The van der Waals surface area contributed by atoms with Gasteiger partial charge in [-0.1, -0.05) is 12.1 Å². The van der Waals surface area contributed by atoms with Crippen LogP contribution in [0, 0.1) is 0 Å². The normalized spacial score (nSPS) is 11.5. The van der Waals surface area contributed by atoms with Crippen LogP contribution in [-0.2, 0) is 11.3 Å². The molecule has 0 heterocycles. The molecule has 4 heteroatoms. The molecule has 94 valence electrons. The zero-order valence-electron chi connectivity index (χ0n) is 10.5. The Bertz CT molecular complexity index is 371. The maximum absolute atomic E-state index is 10.7. The number of nitrogens with one attached hydrogen (secondary N) is 1. The second kappa shape index (κ2) is 5.80. The number of hydrogen-bond acceptors (Lipinski definition) is 3. The Morgan fingerprint density at radius 3 is 2.41 bits per heavy atom. The Labute approximate surface area is 102 Å². The summed E-state index contributed by atoms with van der Waals surface area (Å²) in [7, 11) is 1.68. The van der Waals surface area contributed by atoms with E-state index >= 15 is 0 Å². The van der Waals surface area contributed by atoms with Crippen molar-refractivity contribution in [3.05, 3.63) is 35.4 Å². The third kappa shape index (κ3) is 4.54. The van der Waals surface area contributed by atoms with Crippen molar-refractivity contribution in [3.8, 4) is 0 Å². The number of benzene rings is 1. The Morgan fingerprint density at radius 1 is 1.35 bits per heavy atom. The molecule has 1 rings (SSSR count). The number of carboxylic acid groups (broad SMARTS) is 1. The van der Waals surface area contributed by atoms with Crippen molar-refractivity contribution in [1.29, 1.82) is 0 Å². The Morgan fingerprint density at radius 2 is 1.94 bits per heavy atom. The molecule has 0 unspecified atom stereocenters. The van der Waals surface area contributed by atoms with Gasteiger partial charge in [0.25, 0.3) is 0 Å². The van der Waals surface area contributed by atoms with Crippen molar-refractivity contribution >= 4 is 5.97 Å². The number of rotatable bonds is 6. The minimum absolute atomic E-state index is 0.193. The molecular formula is C13H19NO3. The number of carboxylic acids is 1. The van der Waals surface area contributed by atoms with Gasteiger partial charge in [0.2, 0.25) is 0 Å². The Kier molecular flexibility index (Phi) is 4.66. The molecule has 0 aliphatic carbocycles. The largest absolute Gasteiger partial charge is 0.478 e. The number of carbonyl (C=O) groups is 1. The number of methoxy groups -OCH3 is 1. The van der Waals surface area contributed by atoms with E-state index in [1.54, 1.807) is 19.2 Å². The maximum Gasteiger partial charge on any atom is 0.335 e. The molecule has 0 amide bonds. The lowest BCUT2D eigenvalue weighted by molar-refractivity contribution is 0.0230. The lowest BCUT2D eigenvalue weighted by Gasteiger charge is -2.23. The first-order chi connectivity index (χ1) is 7.94. The first-order valence-corrected chi connectivity index (χ1v) is 5.53. The second-order valence-electron chi connectivity index (χ2n) is 4.57. The maximum atomic E-state index is 10.7. The van der Waals surface area contributed by atoms with Gasteiger partial charge in [-0.05, 0) is 31.5 Å². The highest BCUT2D eigenvalue weighted by Gasteiger charge is 2.14. The van der Waals surface area contributed by atoms with E-state index in [1.165, 1.54) is 0 Å². The molecule has 0 bridgehead atoms. The first-order valence-electron chi connectivity index (χ1n) is 5.53. The van der Waals surface area contributed by atoms with Crippen molar-refractivity contribution in [1.82, 2.24) is 5.32 Å². The van der Waals surface area contributed by atoms with Crippen molar-refractivity contribution in [2.75, 3.05) is 13.7 Å². The summed E-state index contributed by atoms with van der Waals surface area (Å²) in [6, 6.07) is 6.86. The molecule has 0 radical (unpaired) electrons. The van der Waals surface area contributed by atoms with Crippen LogP contribution in [0.4, 0.5) is 0 Å². The fraction of sp³-hybridized carbons (Fsp3) is 0.462. The van der Waals surface area contributed by atoms with E-state index in [1.807, 2.05) is 26.0 Å². The zero-order valence-corrected chi connectivity index (χ0v) is 10.5. The smallest absolute Gasteiger partial charge is 0.335 e. The van der Waals surface area contributed by atoms with Crippen LogP contribution in [0.25, 0.3) is 0 Å². The molecule has 1 aromatic carbocycles. The molecule has 0 spiro atoms. The van der Waals surface area contributed by atoms with Gasteiger partial charge in [-0.15, -0.1) is 0 Å². The topological polar surface area (TPSA) is 58.6 Å². The minimum atomic E-state index is -0.898. The van der Waals surface area contributed by atoms with Gasteiger partial charge >= 0.3 is 5.97 Å². The SMILES string of the molecule is COC(C)(C)CNCc1ccc(C(=O)O)cc1. The van der Waals surface area contributed by atoms with Gasteiger partial charge in [0.1, 0.15) is 0 Å². The quantitative estimate of drug-likeness (QED) is 0.793. The molecule has 0 aromatic heterocycles. The van der Waals surface area contributed by atoms with E-state index in [9.17, 15) is 4.79 Å². The highest BCUT2D eigenvalue weighted by Crippen LogP contribution is 2.07. The summed E-state index contributed by atoms with van der Waals surface area (Å²) in [5.74, 6) is -0.898. The molecule has 0 saturated heterocycles. The summed E-state index contributed by atoms with van der Waals surface area (Å²) in [6.07, 6.45) is 0. The number of aromatic carboxylic acids is 1. The monoisotopic (exact) mass is 237 g/mol. The van der Waals surface area contributed by atoms with Gasteiger partial charge in [0, 0.05) is 20.2 Å². The molecule has 17 heavy (non-hydrogen) atoms. The fourth-order valence-electron chi connectivity index (χ4n) is 1.35. The summed E-state index contributed by atoms with van der Waals surface area (Å²) >= 11 is 0. The zero-order chi connectivity index (χ0) is 12.9. The Balaban J connectivity index is 2.45. The van der Waals surface area contributed by atoms with Crippen molar-refractivity contribution in [2.45, 2.75) is 26.0 Å². The Hall–Kier alpha value is -1.39. The van der Waals surface area contributed by atoms with Crippen LogP contribution in [0.2, 0.25) is 0 Å². The van der Waals surface area contributed by atoms with Crippen LogP contribution in [0.1, 0.15) is 29.8 Å². The minimum Gasteiger partial charge on any atom is -0.478 e. The van der Waals surface area contributed by atoms with E-state index in [4.69, 9.17) is 9.84 Å². The van der Waals surface area contributed by atoms with Crippen LogP contribution >= 0.6 is 0 Å². The highest BCUT2D eigenvalue weighted by molar-refractivity contribution is 5.87. The van der Waals surface area contributed by atoms with Gasteiger partial charge in [0.15, 0.2) is 0 Å². The summed E-state index contributed by atoms with van der Waals surface area (Å²) in [5.41, 5.74) is 1.17. The lowest BCUT2D eigenvalue weighted by Crippen LogP contribution is -2.36. The van der Waals surface area contributed by atoms with Crippen LogP contribution < -0.4 is 5.32 Å². The predicted octanol–water partition coefficient (Wildman–Crippen LogP) is 1.90. The van der Waals surface area contributed by atoms with Gasteiger partial charge in [0.05, 0.1) is 11.2 Å². The van der Waals surface area contributed by atoms with Crippen molar-refractivity contribution in [2.24, 2.45) is 0 Å². The summed E-state index contributed by atoms with van der Waals surface area (Å²) in [5, 5.41) is 12.0. The third-order valence-corrected chi connectivity index (χ3v) is 2.63. The number of ether oxygens (including phenoxy) is 1. The van der Waals surface area contributed by atoms with Crippen molar-refractivity contribution in [3.63, 3.8) is 0 Å². The van der Waals surface area contributed by atoms with E-state index in [0.29, 0.717) is 12.1 Å². The molecular weight excluding hydrogens is 218 g/mol. The standard InChI is InChI=1S/C13H19NO3/c1-13(2,17-3)9-14-8-10-4-6-11(7-5-10)12(15)16/h4-7,14H,8-9H2,1-3H3,(H,15,16). The number of hydrogen-bond donors (Lipinski definition) is 2. The molecule has 0 fully saturated rings. The van der Waals surface area contributed by atoms with Gasteiger partial charge in [-0.3, -0.25) is 0 Å². The van der Waals surface area contributed by atoms with Gasteiger partial charge in [-0.25, -0.2) is 4.79 Å². The van der Waals surface area contributed by atoms with Crippen LogP contribution in [0.3, 0.4) is 0 Å². The molecule has 4 nitrogen and oxygen atoms in total. The van der Waals surface area contributed by atoms with Crippen LogP contribution in [0.15, 0.2) is 24.3 Å².